The number of ether oxygens (including phenoxy) is 1. The summed E-state index contributed by atoms with van der Waals surface area (Å²) in [4.78, 5) is 6.87. The van der Waals surface area contributed by atoms with Gasteiger partial charge in [-0.3, -0.25) is 0 Å². The number of piperidine rings is 1. The van der Waals surface area contributed by atoms with E-state index in [9.17, 15) is 8.42 Å². The van der Waals surface area contributed by atoms with E-state index in [0.29, 0.717) is 29.9 Å². The Labute approximate surface area is 179 Å². The zero-order valence-electron chi connectivity index (χ0n) is 17.5. The molecule has 9 heteroatoms. The van der Waals surface area contributed by atoms with Crippen LogP contribution in [0.2, 0.25) is 5.02 Å². The van der Waals surface area contributed by atoms with Crippen LogP contribution in [-0.4, -0.2) is 76.2 Å². The summed E-state index contributed by atoms with van der Waals surface area (Å²) >= 11 is 6.15. The number of nitrogens with zero attached hydrogens (tertiary/aromatic N) is 2. The molecule has 1 aromatic rings. The predicted octanol–water partition coefficient (Wildman–Crippen LogP) is 2.17. The summed E-state index contributed by atoms with van der Waals surface area (Å²) in [6.45, 7) is 7.67. The first-order chi connectivity index (χ1) is 13.8. The minimum absolute atomic E-state index is 0.108. The average Bonchev–Trinajstić information content (AvgIpc) is 2.67. The molecule has 7 nitrogen and oxygen atoms in total. The van der Waals surface area contributed by atoms with E-state index in [1.54, 1.807) is 6.07 Å². The van der Waals surface area contributed by atoms with Crippen molar-refractivity contribution >= 4 is 27.4 Å². The minimum atomic E-state index is -2.91. The molecule has 29 heavy (non-hydrogen) atoms. The highest BCUT2D eigenvalue weighted by Gasteiger charge is 2.20. The summed E-state index contributed by atoms with van der Waals surface area (Å²) in [7, 11) is -2.91. The molecule has 1 heterocycles. The van der Waals surface area contributed by atoms with E-state index in [0.717, 1.165) is 38.4 Å². The highest BCUT2D eigenvalue weighted by molar-refractivity contribution is 7.90. The minimum Gasteiger partial charge on any atom is -0.487 e. The Morgan fingerprint density at radius 1 is 1.34 bits per heavy atom. The molecule has 1 atom stereocenters. The molecular formula is C20H33ClN4O3S. The van der Waals surface area contributed by atoms with Crippen molar-refractivity contribution in [3.05, 3.63) is 29.3 Å². The summed E-state index contributed by atoms with van der Waals surface area (Å²) in [5, 5.41) is 7.37. The lowest BCUT2D eigenvalue weighted by molar-refractivity contribution is 0.215. The smallest absolute Gasteiger partial charge is 0.191 e. The van der Waals surface area contributed by atoms with Gasteiger partial charge in [-0.1, -0.05) is 23.7 Å². The average molecular weight is 445 g/mol. The lowest BCUT2D eigenvalue weighted by atomic mass is 10.1. The van der Waals surface area contributed by atoms with Gasteiger partial charge in [0.05, 0.1) is 17.3 Å². The second-order valence-corrected chi connectivity index (χ2v) is 10.1. The molecule has 0 aliphatic carbocycles. The molecule has 1 saturated heterocycles. The Bertz CT molecular complexity index is 765. The molecule has 0 radical (unpaired) electrons. The molecule has 1 aliphatic heterocycles. The Kier molecular flexibility index (Phi) is 9.52. The molecule has 1 fully saturated rings. The third-order valence-corrected chi connectivity index (χ3v) is 5.96. The number of likely N-dealkylation sites (tertiary alicyclic amines) is 1. The van der Waals surface area contributed by atoms with Gasteiger partial charge in [0, 0.05) is 38.5 Å². The molecule has 0 aromatic heterocycles. The summed E-state index contributed by atoms with van der Waals surface area (Å²) in [6.07, 6.45) is 3.10. The Morgan fingerprint density at radius 3 is 2.66 bits per heavy atom. The van der Waals surface area contributed by atoms with E-state index in [1.165, 1.54) is 6.26 Å². The van der Waals surface area contributed by atoms with E-state index in [-0.39, 0.29) is 11.9 Å². The van der Waals surface area contributed by atoms with Crippen LogP contribution in [0.4, 0.5) is 0 Å². The van der Waals surface area contributed by atoms with E-state index in [2.05, 4.69) is 20.5 Å². The van der Waals surface area contributed by atoms with Gasteiger partial charge in [-0.25, -0.2) is 13.4 Å². The fourth-order valence-corrected chi connectivity index (χ4v) is 3.89. The molecule has 1 unspecified atom stereocenters. The van der Waals surface area contributed by atoms with Crippen molar-refractivity contribution in [3.8, 4) is 5.75 Å². The van der Waals surface area contributed by atoms with Crippen LogP contribution in [0.15, 0.2) is 29.3 Å². The first kappa shape index (κ1) is 23.8. The first-order valence-electron chi connectivity index (χ1n) is 10.1. The quantitative estimate of drug-likeness (QED) is 0.448. The van der Waals surface area contributed by atoms with Crippen LogP contribution in [0.3, 0.4) is 0 Å². The van der Waals surface area contributed by atoms with Gasteiger partial charge in [-0.2, -0.15) is 0 Å². The molecule has 0 amide bonds. The van der Waals surface area contributed by atoms with Crippen LogP contribution in [0.5, 0.6) is 5.75 Å². The second-order valence-electron chi connectivity index (χ2n) is 7.47. The molecule has 1 aliphatic rings. The Balaban J connectivity index is 1.81. The maximum absolute atomic E-state index is 11.3. The van der Waals surface area contributed by atoms with Gasteiger partial charge in [-0.05, 0) is 38.8 Å². The highest BCUT2D eigenvalue weighted by Crippen LogP contribution is 2.24. The van der Waals surface area contributed by atoms with Gasteiger partial charge in [-0.15, -0.1) is 0 Å². The van der Waals surface area contributed by atoms with Gasteiger partial charge in [0.1, 0.15) is 21.7 Å². The Hall–Kier alpha value is -1.51. The molecule has 2 N–H and O–H groups in total. The van der Waals surface area contributed by atoms with Crippen molar-refractivity contribution in [2.24, 2.45) is 4.99 Å². The van der Waals surface area contributed by atoms with E-state index < -0.39 is 9.84 Å². The van der Waals surface area contributed by atoms with Crippen molar-refractivity contribution in [3.63, 3.8) is 0 Å². The van der Waals surface area contributed by atoms with Gasteiger partial charge in [0.15, 0.2) is 5.96 Å². The Morgan fingerprint density at radius 2 is 2.03 bits per heavy atom. The van der Waals surface area contributed by atoms with Crippen LogP contribution in [0.25, 0.3) is 0 Å². The van der Waals surface area contributed by atoms with Gasteiger partial charge >= 0.3 is 0 Å². The molecule has 0 spiro atoms. The molecule has 2 rings (SSSR count). The van der Waals surface area contributed by atoms with E-state index >= 15 is 0 Å². The number of para-hydroxylation sites is 1. The first-order valence-corrected chi connectivity index (χ1v) is 12.6. The molecular weight excluding hydrogens is 412 g/mol. The number of rotatable bonds is 9. The van der Waals surface area contributed by atoms with Crippen molar-refractivity contribution in [2.75, 3.05) is 44.7 Å². The predicted molar refractivity (Wildman–Crippen MR) is 120 cm³/mol. The largest absolute Gasteiger partial charge is 0.487 e. The highest BCUT2D eigenvalue weighted by atomic mass is 35.5. The maximum atomic E-state index is 11.3. The van der Waals surface area contributed by atoms with E-state index in [4.69, 9.17) is 16.3 Å². The fraction of sp³-hybridized carbons (Fsp3) is 0.650. The number of halogens is 1. The van der Waals surface area contributed by atoms with Crippen LogP contribution >= 0.6 is 11.6 Å². The van der Waals surface area contributed by atoms with E-state index in [1.807, 2.05) is 32.0 Å². The van der Waals surface area contributed by atoms with Crippen LogP contribution in [-0.2, 0) is 9.84 Å². The summed E-state index contributed by atoms with van der Waals surface area (Å²) in [5.41, 5.74) is 0. The number of benzene rings is 1. The number of nitrogens with one attached hydrogen (secondary N) is 2. The maximum Gasteiger partial charge on any atom is 0.191 e. The summed E-state index contributed by atoms with van der Waals surface area (Å²) < 4.78 is 28.6. The van der Waals surface area contributed by atoms with Gasteiger partial charge < -0.3 is 20.3 Å². The zero-order valence-corrected chi connectivity index (χ0v) is 19.1. The third-order valence-electron chi connectivity index (χ3n) is 4.72. The number of hydrogen-bond acceptors (Lipinski definition) is 5. The number of sulfone groups is 1. The zero-order chi connectivity index (χ0) is 21.3. The number of aliphatic imine (C=N–C) groups is 1. The normalized spacial score (nSPS) is 17.7. The molecule has 0 saturated carbocycles. The summed E-state index contributed by atoms with van der Waals surface area (Å²) in [6, 6.07) is 7.75. The molecule has 0 bridgehead atoms. The molecule has 164 valence electrons. The second kappa shape index (κ2) is 11.6. The van der Waals surface area contributed by atoms with Crippen LogP contribution in [0.1, 0.15) is 26.7 Å². The van der Waals surface area contributed by atoms with Crippen LogP contribution in [0, 0.1) is 0 Å². The molecule has 1 aromatic carbocycles. The van der Waals surface area contributed by atoms with Gasteiger partial charge in [0.2, 0.25) is 0 Å². The topological polar surface area (TPSA) is 83.0 Å². The van der Waals surface area contributed by atoms with Crippen molar-refractivity contribution in [1.29, 1.82) is 0 Å². The van der Waals surface area contributed by atoms with Crippen molar-refractivity contribution < 1.29 is 13.2 Å². The SMILES string of the molecule is CCNC(=NCC(C)Oc1ccccc1Cl)NC1CCN(CCS(C)(=O)=O)CC1. The van der Waals surface area contributed by atoms with Crippen LogP contribution < -0.4 is 15.4 Å². The van der Waals surface area contributed by atoms with Crippen molar-refractivity contribution in [2.45, 2.75) is 38.8 Å². The monoisotopic (exact) mass is 444 g/mol. The lowest BCUT2D eigenvalue weighted by Gasteiger charge is -2.33. The number of hydrogen-bond donors (Lipinski definition) is 2. The standard InChI is InChI=1S/C20H33ClN4O3S/c1-4-22-20(23-15-16(2)28-19-8-6-5-7-18(19)21)24-17-9-11-25(12-10-17)13-14-29(3,26)27/h5-8,16-17H,4,9-15H2,1-3H3,(H2,22,23,24). The summed E-state index contributed by atoms with van der Waals surface area (Å²) in [5.74, 6) is 1.66. The van der Waals surface area contributed by atoms with Crippen molar-refractivity contribution in [1.82, 2.24) is 15.5 Å². The number of guanidine groups is 1. The fourth-order valence-electron chi connectivity index (χ4n) is 3.12. The lowest BCUT2D eigenvalue weighted by Crippen LogP contribution is -2.49. The third kappa shape index (κ3) is 9.23. The van der Waals surface area contributed by atoms with Gasteiger partial charge in [0.25, 0.3) is 0 Å².